The molecule has 0 spiro atoms. The van der Waals surface area contributed by atoms with Crippen LogP contribution in [0.5, 0.6) is 0 Å². The molecule has 0 saturated carbocycles. The van der Waals surface area contributed by atoms with Crippen molar-refractivity contribution >= 4 is 5.84 Å². The molecule has 3 N–H and O–H groups in total. The van der Waals surface area contributed by atoms with Gasteiger partial charge in [-0.25, -0.2) is 0 Å². The van der Waals surface area contributed by atoms with Crippen LogP contribution in [0, 0.1) is 5.41 Å². The molecule has 0 aromatic rings. The van der Waals surface area contributed by atoms with Gasteiger partial charge < -0.3 is 10.5 Å². The zero-order valence-electron chi connectivity index (χ0n) is 8.81. The minimum atomic E-state index is 0.0964. The van der Waals surface area contributed by atoms with Crippen LogP contribution in [0.1, 0.15) is 46.0 Å². The van der Waals surface area contributed by atoms with Crippen LogP contribution in [-0.4, -0.2) is 18.5 Å². The van der Waals surface area contributed by atoms with Gasteiger partial charge in [-0.1, -0.05) is 26.2 Å². The largest absolute Gasteiger partial charge is 0.388 e. The van der Waals surface area contributed by atoms with Gasteiger partial charge in [0.1, 0.15) is 0 Å². The van der Waals surface area contributed by atoms with Crippen LogP contribution in [0.2, 0.25) is 0 Å². The van der Waals surface area contributed by atoms with E-state index in [0.717, 1.165) is 13.0 Å². The minimum Gasteiger partial charge on any atom is -0.388 e. The molecule has 0 rings (SSSR count). The Morgan fingerprint density at radius 1 is 1.38 bits per heavy atom. The first-order valence-corrected chi connectivity index (χ1v) is 5.11. The summed E-state index contributed by atoms with van der Waals surface area (Å²) >= 11 is 0. The van der Waals surface area contributed by atoms with Crippen molar-refractivity contribution in [2.24, 2.45) is 5.73 Å². The Labute approximate surface area is 81.2 Å². The summed E-state index contributed by atoms with van der Waals surface area (Å²) in [6.07, 6.45) is 5.54. The van der Waals surface area contributed by atoms with Gasteiger partial charge in [-0.3, -0.25) is 5.41 Å². The monoisotopic (exact) mass is 186 g/mol. The molecule has 1 atom stereocenters. The number of unbranched alkanes of at least 4 members (excludes halogenated alkanes) is 3. The maximum absolute atomic E-state index is 7.07. The minimum absolute atomic E-state index is 0.0964. The van der Waals surface area contributed by atoms with Gasteiger partial charge >= 0.3 is 0 Å². The number of amidine groups is 1. The average Bonchev–Trinajstić information content (AvgIpc) is 2.02. The molecule has 0 heterocycles. The fourth-order valence-corrected chi connectivity index (χ4v) is 1.18. The van der Waals surface area contributed by atoms with Crippen molar-refractivity contribution in [1.29, 1.82) is 5.41 Å². The first kappa shape index (κ1) is 12.4. The molecule has 78 valence electrons. The lowest BCUT2D eigenvalue weighted by atomic mass is 10.2. The van der Waals surface area contributed by atoms with E-state index < -0.39 is 0 Å². The zero-order valence-corrected chi connectivity index (χ0v) is 8.81. The van der Waals surface area contributed by atoms with E-state index in [9.17, 15) is 0 Å². The van der Waals surface area contributed by atoms with Crippen molar-refractivity contribution in [2.75, 3.05) is 6.61 Å². The molecular formula is C10H22N2O. The van der Waals surface area contributed by atoms with Crippen molar-refractivity contribution in [3.63, 3.8) is 0 Å². The number of hydrogen-bond donors (Lipinski definition) is 2. The van der Waals surface area contributed by atoms with E-state index in [-0.39, 0.29) is 11.9 Å². The quantitative estimate of drug-likeness (QED) is 0.347. The third-order valence-corrected chi connectivity index (χ3v) is 1.91. The van der Waals surface area contributed by atoms with E-state index >= 15 is 0 Å². The summed E-state index contributed by atoms with van der Waals surface area (Å²) in [5, 5.41) is 7.07. The smallest absolute Gasteiger partial charge is 0.0931 e. The lowest BCUT2D eigenvalue weighted by molar-refractivity contribution is 0.0678. The van der Waals surface area contributed by atoms with Gasteiger partial charge in [-0.15, -0.1) is 0 Å². The van der Waals surface area contributed by atoms with Crippen molar-refractivity contribution in [3.8, 4) is 0 Å². The topological polar surface area (TPSA) is 59.1 Å². The lowest BCUT2D eigenvalue weighted by Crippen LogP contribution is -2.19. The molecule has 1 unspecified atom stereocenters. The Hall–Kier alpha value is -0.570. The fourth-order valence-electron chi connectivity index (χ4n) is 1.18. The normalized spacial score (nSPS) is 12.8. The number of ether oxygens (including phenoxy) is 1. The molecule has 0 fully saturated rings. The van der Waals surface area contributed by atoms with Crippen LogP contribution in [0.3, 0.4) is 0 Å². The van der Waals surface area contributed by atoms with Crippen molar-refractivity contribution < 1.29 is 4.74 Å². The SMILES string of the molecule is CCCCCCOC(C)CC(=N)N. The predicted molar refractivity (Wildman–Crippen MR) is 56.1 cm³/mol. The molecule has 0 aromatic heterocycles. The van der Waals surface area contributed by atoms with Gasteiger partial charge in [-0.2, -0.15) is 0 Å². The molecule has 0 aromatic carbocycles. The molecule has 0 bridgehead atoms. The number of nitrogens with two attached hydrogens (primary N) is 1. The maximum Gasteiger partial charge on any atom is 0.0931 e. The highest BCUT2D eigenvalue weighted by molar-refractivity contribution is 5.77. The second-order valence-corrected chi connectivity index (χ2v) is 3.47. The molecule has 0 aliphatic heterocycles. The summed E-state index contributed by atoms with van der Waals surface area (Å²) in [4.78, 5) is 0. The molecule has 13 heavy (non-hydrogen) atoms. The van der Waals surface area contributed by atoms with Crippen LogP contribution in [0.15, 0.2) is 0 Å². The first-order valence-electron chi connectivity index (χ1n) is 5.11. The summed E-state index contributed by atoms with van der Waals surface area (Å²) in [6.45, 7) is 4.95. The zero-order chi connectivity index (χ0) is 10.1. The number of rotatable bonds is 8. The second-order valence-electron chi connectivity index (χ2n) is 3.47. The Kier molecular flexibility index (Phi) is 7.69. The van der Waals surface area contributed by atoms with Crippen LogP contribution in [0.4, 0.5) is 0 Å². The van der Waals surface area contributed by atoms with Gasteiger partial charge in [0.25, 0.3) is 0 Å². The predicted octanol–water partition coefficient (Wildman–Crippen LogP) is 2.30. The molecule has 0 saturated heterocycles. The van der Waals surface area contributed by atoms with E-state index in [1.165, 1.54) is 19.3 Å². The molecular weight excluding hydrogens is 164 g/mol. The summed E-state index contributed by atoms with van der Waals surface area (Å²) in [7, 11) is 0. The fraction of sp³-hybridized carbons (Fsp3) is 0.900. The second kappa shape index (κ2) is 8.05. The standard InChI is InChI=1S/C10H22N2O/c1-3-4-5-6-7-13-9(2)8-10(11)12/h9H,3-8H2,1-2H3,(H3,11,12). The molecule has 0 amide bonds. The molecule has 0 aliphatic rings. The molecule has 0 radical (unpaired) electrons. The highest BCUT2D eigenvalue weighted by atomic mass is 16.5. The molecule has 3 nitrogen and oxygen atoms in total. The van der Waals surface area contributed by atoms with E-state index in [0.29, 0.717) is 6.42 Å². The maximum atomic E-state index is 7.07. The Morgan fingerprint density at radius 3 is 2.62 bits per heavy atom. The van der Waals surface area contributed by atoms with Crippen LogP contribution in [-0.2, 0) is 4.74 Å². The van der Waals surface area contributed by atoms with Crippen LogP contribution < -0.4 is 5.73 Å². The average molecular weight is 186 g/mol. The first-order chi connectivity index (χ1) is 6.16. The summed E-state index contributed by atoms with van der Waals surface area (Å²) in [5.41, 5.74) is 5.25. The van der Waals surface area contributed by atoms with E-state index in [2.05, 4.69) is 6.92 Å². The summed E-state index contributed by atoms with van der Waals surface area (Å²) in [6, 6.07) is 0. The number of nitrogens with one attached hydrogen (secondary N) is 1. The van der Waals surface area contributed by atoms with Crippen molar-refractivity contribution in [2.45, 2.75) is 52.1 Å². The lowest BCUT2D eigenvalue weighted by Gasteiger charge is -2.11. The van der Waals surface area contributed by atoms with Gasteiger partial charge in [0, 0.05) is 13.0 Å². The Bertz CT molecular complexity index is 137. The van der Waals surface area contributed by atoms with Gasteiger partial charge in [0.05, 0.1) is 11.9 Å². The van der Waals surface area contributed by atoms with E-state index in [4.69, 9.17) is 15.9 Å². The molecule has 0 aliphatic carbocycles. The van der Waals surface area contributed by atoms with Crippen molar-refractivity contribution in [3.05, 3.63) is 0 Å². The van der Waals surface area contributed by atoms with Gasteiger partial charge in [0.2, 0.25) is 0 Å². The van der Waals surface area contributed by atoms with Crippen LogP contribution >= 0.6 is 0 Å². The van der Waals surface area contributed by atoms with Gasteiger partial charge in [-0.05, 0) is 13.3 Å². The highest BCUT2D eigenvalue weighted by Crippen LogP contribution is 2.02. The number of hydrogen-bond acceptors (Lipinski definition) is 2. The Balaban J connectivity index is 3.17. The van der Waals surface area contributed by atoms with Crippen molar-refractivity contribution in [1.82, 2.24) is 0 Å². The third-order valence-electron chi connectivity index (χ3n) is 1.91. The van der Waals surface area contributed by atoms with E-state index in [1.54, 1.807) is 0 Å². The Morgan fingerprint density at radius 2 is 2.08 bits per heavy atom. The van der Waals surface area contributed by atoms with Gasteiger partial charge in [0.15, 0.2) is 0 Å². The van der Waals surface area contributed by atoms with Crippen LogP contribution in [0.25, 0.3) is 0 Å². The summed E-state index contributed by atoms with van der Waals surface area (Å²) in [5.74, 6) is 0.209. The van der Waals surface area contributed by atoms with E-state index in [1.807, 2.05) is 6.92 Å². The summed E-state index contributed by atoms with van der Waals surface area (Å²) < 4.78 is 5.48. The molecule has 3 heteroatoms. The third kappa shape index (κ3) is 9.34. The highest BCUT2D eigenvalue weighted by Gasteiger charge is 2.02.